The van der Waals surface area contributed by atoms with Gasteiger partial charge in [-0.15, -0.1) is 11.6 Å². The number of halogens is 1. The number of hydrogen-bond acceptors (Lipinski definition) is 2. The minimum Gasteiger partial charge on any atom is -0.245 e. The zero-order chi connectivity index (χ0) is 16.8. The Morgan fingerprint density at radius 1 is 0.609 bits per heavy atom. The Balaban J connectivity index is 0.000000664. The van der Waals surface area contributed by atoms with Crippen LogP contribution in [0.3, 0.4) is 0 Å². The minimum atomic E-state index is 0.845. The van der Waals surface area contributed by atoms with E-state index in [9.17, 15) is 0 Å². The molecular weight excluding hydrogens is 304 g/mol. The van der Waals surface area contributed by atoms with Gasteiger partial charge in [-0.2, -0.15) is 0 Å². The van der Waals surface area contributed by atoms with E-state index in [2.05, 4.69) is 16.9 Å². The van der Waals surface area contributed by atoms with Crippen LogP contribution < -0.4 is 0 Å². The van der Waals surface area contributed by atoms with Crippen LogP contribution in [0, 0.1) is 0 Å². The van der Waals surface area contributed by atoms with E-state index >= 15 is 0 Å². The summed E-state index contributed by atoms with van der Waals surface area (Å²) in [5.74, 6) is 0.845. The summed E-state index contributed by atoms with van der Waals surface area (Å²) in [6.45, 7) is 2.28. The Hall–Kier alpha value is -0.630. The smallest absolute Gasteiger partial charge is 0.115 e. The highest BCUT2D eigenvalue weighted by molar-refractivity contribution is 6.17. The molecule has 1 aromatic rings. The molecule has 1 rings (SSSR count). The van der Waals surface area contributed by atoms with Crippen molar-refractivity contribution in [3.8, 4) is 0 Å². The maximum absolute atomic E-state index is 5.64. The van der Waals surface area contributed by atoms with E-state index in [1.54, 1.807) is 18.5 Å². The molecule has 0 N–H and O–H groups in total. The molecule has 1 heterocycles. The van der Waals surface area contributed by atoms with Crippen molar-refractivity contribution in [3.63, 3.8) is 0 Å². The van der Waals surface area contributed by atoms with Crippen molar-refractivity contribution in [3.05, 3.63) is 24.8 Å². The molecule has 0 aliphatic rings. The molecule has 0 amide bonds. The first-order chi connectivity index (χ1) is 11.4. The van der Waals surface area contributed by atoms with Gasteiger partial charge in [0.15, 0.2) is 0 Å². The number of alkyl halides is 1. The zero-order valence-electron chi connectivity index (χ0n) is 15.2. The highest BCUT2D eigenvalue weighted by Crippen LogP contribution is 2.12. The lowest BCUT2D eigenvalue weighted by atomic mass is 10.0. The van der Waals surface area contributed by atoms with E-state index in [0.717, 1.165) is 5.88 Å². The van der Waals surface area contributed by atoms with Crippen molar-refractivity contribution in [2.45, 2.75) is 96.8 Å². The number of hydrogen-bond donors (Lipinski definition) is 0. The third-order valence-corrected chi connectivity index (χ3v) is 4.23. The van der Waals surface area contributed by atoms with E-state index in [0.29, 0.717) is 0 Å². The number of rotatable bonds is 14. The average Bonchev–Trinajstić information content (AvgIpc) is 2.61. The zero-order valence-corrected chi connectivity index (χ0v) is 15.9. The molecule has 23 heavy (non-hydrogen) atoms. The molecule has 0 radical (unpaired) electrons. The van der Waals surface area contributed by atoms with Crippen molar-refractivity contribution >= 4 is 11.6 Å². The molecule has 0 unspecified atom stereocenters. The Kier molecular flexibility index (Phi) is 20.8. The second kappa shape index (κ2) is 21.4. The van der Waals surface area contributed by atoms with Crippen LogP contribution in [-0.2, 0) is 0 Å². The van der Waals surface area contributed by atoms with Gasteiger partial charge in [-0.25, -0.2) is 9.97 Å². The molecule has 0 aliphatic heterocycles. The van der Waals surface area contributed by atoms with E-state index in [-0.39, 0.29) is 0 Å². The lowest BCUT2D eigenvalue weighted by Gasteiger charge is -2.02. The third kappa shape index (κ3) is 21.4. The second-order valence-corrected chi connectivity index (χ2v) is 6.57. The molecule has 0 saturated heterocycles. The fourth-order valence-electron chi connectivity index (χ4n) is 2.54. The van der Waals surface area contributed by atoms with Crippen molar-refractivity contribution in [2.24, 2.45) is 0 Å². The fourth-order valence-corrected chi connectivity index (χ4v) is 2.73. The van der Waals surface area contributed by atoms with Crippen molar-refractivity contribution < 1.29 is 0 Å². The van der Waals surface area contributed by atoms with E-state index in [4.69, 9.17) is 11.6 Å². The molecule has 0 fully saturated rings. The number of unbranched alkanes of at least 4 members (excludes halogenated alkanes) is 13. The van der Waals surface area contributed by atoms with Crippen LogP contribution in [0.4, 0.5) is 0 Å². The molecule has 3 heteroatoms. The van der Waals surface area contributed by atoms with Crippen LogP contribution in [0.5, 0.6) is 0 Å². The Bertz CT molecular complexity index is 252. The number of nitrogens with zero attached hydrogens (tertiary/aromatic N) is 2. The Morgan fingerprint density at radius 2 is 1.00 bits per heavy atom. The molecule has 0 aromatic carbocycles. The first-order valence-corrected chi connectivity index (χ1v) is 10.2. The lowest BCUT2D eigenvalue weighted by Crippen LogP contribution is -1.83. The van der Waals surface area contributed by atoms with Gasteiger partial charge >= 0.3 is 0 Å². The molecule has 0 aliphatic carbocycles. The summed E-state index contributed by atoms with van der Waals surface area (Å²) in [5.41, 5.74) is 0. The average molecular weight is 341 g/mol. The predicted octanol–water partition coefficient (Wildman–Crippen LogP) is 7.18. The summed E-state index contributed by atoms with van der Waals surface area (Å²) in [5, 5.41) is 0. The van der Waals surface area contributed by atoms with Crippen molar-refractivity contribution in [1.29, 1.82) is 0 Å². The maximum atomic E-state index is 5.64. The van der Waals surface area contributed by atoms with Crippen LogP contribution in [0.15, 0.2) is 24.8 Å². The van der Waals surface area contributed by atoms with Gasteiger partial charge in [0.25, 0.3) is 0 Å². The minimum absolute atomic E-state index is 0.845. The standard InChI is InChI=1S/C16H33Cl.C4H4N2/c1-2-3-4-5-6-7-8-9-10-11-12-13-14-15-16-17;1-2-5-4-6-3-1/h2-16H2,1H3;1-4H. The van der Waals surface area contributed by atoms with E-state index in [1.165, 1.54) is 96.2 Å². The molecule has 0 saturated carbocycles. The molecule has 0 atom stereocenters. The Labute approximate surface area is 149 Å². The van der Waals surface area contributed by atoms with E-state index in [1.807, 2.05) is 0 Å². The normalized spacial score (nSPS) is 10.2. The van der Waals surface area contributed by atoms with Gasteiger partial charge in [-0.05, 0) is 12.5 Å². The van der Waals surface area contributed by atoms with E-state index < -0.39 is 0 Å². The summed E-state index contributed by atoms with van der Waals surface area (Å²) in [6.07, 6.45) is 24.7. The number of aromatic nitrogens is 2. The van der Waals surface area contributed by atoms with Gasteiger partial charge < -0.3 is 0 Å². The lowest BCUT2D eigenvalue weighted by molar-refractivity contribution is 0.538. The van der Waals surface area contributed by atoms with Crippen LogP contribution in [0.2, 0.25) is 0 Å². The summed E-state index contributed by atoms with van der Waals surface area (Å²) in [4.78, 5) is 7.35. The fraction of sp³-hybridized carbons (Fsp3) is 0.800. The monoisotopic (exact) mass is 340 g/mol. The molecule has 134 valence electrons. The maximum Gasteiger partial charge on any atom is 0.115 e. The van der Waals surface area contributed by atoms with Crippen molar-refractivity contribution in [2.75, 3.05) is 5.88 Å². The molecule has 0 bridgehead atoms. The first-order valence-electron chi connectivity index (χ1n) is 9.67. The highest BCUT2D eigenvalue weighted by Gasteiger charge is 1.93. The van der Waals surface area contributed by atoms with Gasteiger partial charge in [0.05, 0.1) is 0 Å². The first kappa shape index (κ1) is 22.4. The van der Waals surface area contributed by atoms with Crippen LogP contribution in [-0.4, -0.2) is 15.8 Å². The van der Waals surface area contributed by atoms with Crippen LogP contribution in [0.1, 0.15) is 96.8 Å². The predicted molar refractivity (Wildman–Crippen MR) is 103 cm³/mol. The molecule has 1 aromatic heterocycles. The molecule has 2 nitrogen and oxygen atoms in total. The summed E-state index contributed by atoms with van der Waals surface area (Å²) in [6, 6.07) is 1.78. The molecule has 0 spiro atoms. The van der Waals surface area contributed by atoms with Gasteiger partial charge in [0.1, 0.15) is 6.33 Å². The SMILES string of the molecule is CCCCCCCCCCCCCCCCCl.c1cncnc1. The van der Waals surface area contributed by atoms with Gasteiger partial charge in [0.2, 0.25) is 0 Å². The highest BCUT2D eigenvalue weighted by atomic mass is 35.5. The van der Waals surface area contributed by atoms with Crippen LogP contribution >= 0.6 is 11.6 Å². The summed E-state index contributed by atoms with van der Waals surface area (Å²) >= 11 is 5.64. The van der Waals surface area contributed by atoms with Crippen LogP contribution in [0.25, 0.3) is 0 Å². The second-order valence-electron chi connectivity index (χ2n) is 6.19. The van der Waals surface area contributed by atoms with Gasteiger partial charge in [0, 0.05) is 18.3 Å². The topological polar surface area (TPSA) is 25.8 Å². The summed E-state index contributed by atoms with van der Waals surface area (Å²) < 4.78 is 0. The van der Waals surface area contributed by atoms with Crippen molar-refractivity contribution in [1.82, 2.24) is 9.97 Å². The Morgan fingerprint density at radius 3 is 1.26 bits per heavy atom. The largest absolute Gasteiger partial charge is 0.245 e. The molecular formula is C20H37ClN2. The summed E-state index contributed by atoms with van der Waals surface area (Å²) in [7, 11) is 0. The third-order valence-electron chi connectivity index (χ3n) is 3.96. The quantitative estimate of drug-likeness (QED) is 0.264. The van der Waals surface area contributed by atoms with Gasteiger partial charge in [-0.3, -0.25) is 0 Å². The van der Waals surface area contributed by atoms with Gasteiger partial charge in [-0.1, -0.05) is 90.4 Å².